The summed E-state index contributed by atoms with van der Waals surface area (Å²) in [7, 11) is 0. The van der Waals surface area contributed by atoms with Crippen molar-refractivity contribution in [2.75, 3.05) is 13.2 Å². The Morgan fingerprint density at radius 1 is 1.64 bits per heavy atom. The summed E-state index contributed by atoms with van der Waals surface area (Å²) in [5, 5.41) is 11.9. The van der Waals surface area contributed by atoms with Gasteiger partial charge >= 0.3 is 5.97 Å². The maximum absolute atomic E-state index is 10.7. The monoisotopic (exact) mass is 197 g/mol. The van der Waals surface area contributed by atoms with E-state index in [0.29, 0.717) is 31.6 Å². The molecule has 0 aliphatic carbocycles. The minimum absolute atomic E-state index is 0.220. The van der Waals surface area contributed by atoms with Gasteiger partial charge in [-0.3, -0.25) is 0 Å². The van der Waals surface area contributed by atoms with Gasteiger partial charge in [0.15, 0.2) is 0 Å². The third kappa shape index (κ3) is 1.78. The van der Waals surface area contributed by atoms with Crippen LogP contribution in [0, 0.1) is 0 Å². The van der Waals surface area contributed by atoms with Gasteiger partial charge in [-0.15, -0.1) is 0 Å². The van der Waals surface area contributed by atoms with E-state index in [9.17, 15) is 4.79 Å². The van der Waals surface area contributed by atoms with E-state index in [1.807, 2.05) is 0 Å². The van der Waals surface area contributed by atoms with Crippen LogP contribution in [0.3, 0.4) is 0 Å². The van der Waals surface area contributed by atoms with Gasteiger partial charge in [-0.2, -0.15) is 0 Å². The number of rotatable bonds is 4. The van der Waals surface area contributed by atoms with Crippen LogP contribution in [-0.2, 0) is 11.3 Å². The van der Waals surface area contributed by atoms with Crippen LogP contribution in [0.1, 0.15) is 16.1 Å². The van der Waals surface area contributed by atoms with Gasteiger partial charge in [-0.25, -0.2) is 4.79 Å². The highest BCUT2D eigenvalue weighted by Crippen LogP contribution is 2.11. The Morgan fingerprint density at radius 2 is 2.43 bits per heavy atom. The van der Waals surface area contributed by atoms with E-state index >= 15 is 0 Å². The number of aromatic carboxylic acids is 1. The number of carboxylic acids is 1. The minimum atomic E-state index is -0.958. The average molecular weight is 197 g/mol. The average Bonchev–Trinajstić information content (AvgIpc) is 2.49. The Labute approximate surface area is 80.7 Å². The van der Waals surface area contributed by atoms with Crippen LogP contribution in [0.25, 0.3) is 0 Å². The molecule has 1 aromatic heterocycles. The summed E-state index contributed by atoms with van der Waals surface area (Å²) >= 11 is 0. The first-order valence-corrected chi connectivity index (χ1v) is 4.38. The maximum atomic E-state index is 10.7. The van der Waals surface area contributed by atoms with Crippen molar-refractivity contribution < 1.29 is 19.1 Å². The van der Waals surface area contributed by atoms with Crippen molar-refractivity contribution in [2.24, 2.45) is 0 Å². The molecule has 1 saturated heterocycles. The van der Waals surface area contributed by atoms with E-state index in [0.717, 1.165) is 0 Å². The minimum Gasteiger partial charge on any atom is -0.478 e. The number of carbonyl (C=O) groups is 1. The molecule has 1 aliphatic rings. The van der Waals surface area contributed by atoms with E-state index in [4.69, 9.17) is 14.3 Å². The number of nitrogens with one attached hydrogen (secondary N) is 1. The largest absolute Gasteiger partial charge is 0.478 e. The zero-order chi connectivity index (χ0) is 9.97. The van der Waals surface area contributed by atoms with Gasteiger partial charge in [0.25, 0.3) is 0 Å². The summed E-state index contributed by atoms with van der Waals surface area (Å²) in [5.74, 6) is -0.496. The standard InChI is InChI=1S/C9H11NO4/c11-9(12)7-1-2-14-8(7)3-10-6-4-13-5-6/h1-2,6,10H,3-5H2,(H,11,12). The fraction of sp³-hybridized carbons (Fsp3) is 0.444. The van der Waals surface area contributed by atoms with Gasteiger partial charge in [0.1, 0.15) is 11.3 Å². The Morgan fingerprint density at radius 3 is 3.00 bits per heavy atom. The molecule has 0 aromatic carbocycles. The Bertz CT molecular complexity index is 329. The number of hydrogen-bond donors (Lipinski definition) is 2. The lowest BCUT2D eigenvalue weighted by Gasteiger charge is -2.26. The number of hydrogen-bond acceptors (Lipinski definition) is 4. The van der Waals surface area contributed by atoms with Crippen molar-refractivity contribution in [2.45, 2.75) is 12.6 Å². The zero-order valence-electron chi connectivity index (χ0n) is 7.53. The van der Waals surface area contributed by atoms with Crippen molar-refractivity contribution in [1.29, 1.82) is 0 Å². The molecule has 5 nitrogen and oxygen atoms in total. The molecule has 0 atom stereocenters. The molecular weight excluding hydrogens is 186 g/mol. The Balaban J connectivity index is 1.94. The normalized spacial score (nSPS) is 16.6. The highest BCUT2D eigenvalue weighted by atomic mass is 16.5. The first-order chi connectivity index (χ1) is 6.77. The molecule has 0 radical (unpaired) electrons. The van der Waals surface area contributed by atoms with Gasteiger partial charge < -0.3 is 19.6 Å². The summed E-state index contributed by atoms with van der Waals surface area (Å²) in [6.07, 6.45) is 1.39. The number of carboxylic acid groups (broad SMARTS) is 1. The van der Waals surface area contributed by atoms with Crippen LogP contribution in [-0.4, -0.2) is 30.3 Å². The molecule has 2 N–H and O–H groups in total. The highest BCUT2D eigenvalue weighted by molar-refractivity contribution is 5.88. The van der Waals surface area contributed by atoms with Gasteiger partial charge in [0.2, 0.25) is 0 Å². The van der Waals surface area contributed by atoms with Crippen molar-refractivity contribution >= 4 is 5.97 Å². The third-order valence-electron chi connectivity index (χ3n) is 2.17. The lowest BCUT2D eigenvalue weighted by Crippen LogP contribution is -2.45. The van der Waals surface area contributed by atoms with Gasteiger partial charge in [0.05, 0.1) is 32.1 Å². The van der Waals surface area contributed by atoms with Crippen molar-refractivity contribution in [3.63, 3.8) is 0 Å². The second-order valence-corrected chi connectivity index (χ2v) is 3.18. The van der Waals surface area contributed by atoms with E-state index < -0.39 is 5.97 Å². The Kier molecular flexibility index (Phi) is 2.51. The predicted octanol–water partition coefficient (Wildman–Crippen LogP) is 0.466. The summed E-state index contributed by atoms with van der Waals surface area (Å²) in [4.78, 5) is 10.7. The molecule has 1 fully saturated rings. The second kappa shape index (κ2) is 3.81. The predicted molar refractivity (Wildman–Crippen MR) is 47.1 cm³/mol. The van der Waals surface area contributed by atoms with Gasteiger partial charge in [0, 0.05) is 0 Å². The zero-order valence-corrected chi connectivity index (χ0v) is 7.53. The summed E-state index contributed by atoms with van der Waals surface area (Å²) < 4.78 is 10.0. The van der Waals surface area contributed by atoms with Gasteiger partial charge in [-0.1, -0.05) is 0 Å². The highest BCUT2D eigenvalue weighted by Gasteiger charge is 2.19. The number of ether oxygens (including phenoxy) is 1. The van der Waals surface area contributed by atoms with Crippen LogP contribution in [0.5, 0.6) is 0 Å². The van der Waals surface area contributed by atoms with E-state index in [2.05, 4.69) is 5.32 Å². The second-order valence-electron chi connectivity index (χ2n) is 3.18. The van der Waals surface area contributed by atoms with Gasteiger partial charge in [-0.05, 0) is 6.07 Å². The van der Waals surface area contributed by atoms with Crippen molar-refractivity contribution in [1.82, 2.24) is 5.32 Å². The van der Waals surface area contributed by atoms with E-state index in [-0.39, 0.29) is 5.56 Å². The molecule has 1 aliphatic heterocycles. The summed E-state index contributed by atoms with van der Waals surface area (Å²) in [6.45, 7) is 1.80. The fourth-order valence-corrected chi connectivity index (χ4v) is 1.26. The molecule has 0 saturated carbocycles. The lowest BCUT2D eigenvalue weighted by atomic mass is 10.2. The molecule has 0 unspecified atom stereocenters. The smallest absolute Gasteiger partial charge is 0.339 e. The van der Waals surface area contributed by atoms with Crippen LogP contribution < -0.4 is 5.32 Å². The van der Waals surface area contributed by atoms with Crippen molar-refractivity contribution in [3.8, 4) is 0 Å². The third-order valence-corrected chi connectivity index (χ3v) is 2.17. The molecule has 76 valence electrons. The molecular formula is C9H11NO4. The SMILES string of the molecule is O=C(O)c1ccoc1CNC1COC1. The fourth-order valence-electron chi connectivity index (χ4n) is 1.26. The maximum Gasteiger partial charge on any atom is 0.339 e. The van der Waals surface area contributed by atoms with Crippen molar-refractivity contribution in [3.05, 3.63) is 23.7 Å². The summed E-state index contributed by atoms with van der Waals surface area (Å²) in [5.41, 5.74) is 0.220. The van der Waals surface area contributed by atoms with Crippen LogP contribution in [0.2, 0.25) is 0 Å². The van der Waals surface area contributed by atoms with Crippen LogP contribution in [0.4, 0.5) is 0 Å². The molecule has 5 heteroatoms. The lowest BCUT2D eigenvalue weighted by molar-refractivity contribution is -0.00646. The molecule has 0 bridgehead atoms. The topological polar surface area (TPSA) is 71.7 Å². The summed E-state index contributed by atoms with van der Waals surface area (Å²) in [6, 6.07) is 1.78. The first-order valence-electron chi connectivity index (χ1n) is 4.38. The quantitative estimate of drug-likeness (QED) is 0.734. The molecule has 14 heavy (non-hydrogen) atoms. The first kappa shape index (κ1) is 9.23. The molecule has 2 rings (SSSR count). The molecule has 0 amide bonds. The van der Waals surface area contributed by atoms with Crippen LogP contribution >= 0.6 is 0 Å². The van der Waals surface area contributed by atoms with E-state index in [1.165, 1.54) is 12.3 Å². The Hall–Kier alpha value is -1.33. The van der Waals surface area contributed by atoms with E-state index in [1.54, 1.807) is 0 Å². The molecule has 2 heterocycles. The number of furan rings is 1. The van der Waals surface area contributed by atoms with Crippen LogP contribution in [0.15, 0.2) is 16.7 Å². The molecule has 1 aromatic rings. The molecule has 0 spiro atoms.